The summed E-state index contributed by atoms with van der Waals surface area (Å²) in [5.74, 6) is 0.0616. The van der Waals surface area contributed by atoms with Gasteiger partial charge in [-0.2, -0.15) is 0 Å². The molecule has 3 heteroatoms. The summed E-state index contributed by atoms with van der Waals surface area (Å²) in [5, 5.41) is 11.4. The lowest BCUT2D eigenvalue weighted by Gasteiger charge is -1.99. The van der Waals surface area contributed by atoms with Gasteiger partial charge in [-0.05, 0) is 12.5 Å². The molecule has 0 heterocycles. The first-order valence-electron chi connectivity index (χ1n) is 4.45. The van der Waals surface area contributed by atoms with Crippen molar-refractivity contribution < 1.29 is 10.0 Å². The van der Waals surface area contributed by atoms with E-state index in [-0.39, 0.29) is 12.2 Å². The fourth-order valence-electron chi connectivity index (χ4n) is 1.21. The molecule has 0 bridgehead atoms. The van der Waals surface area contributed by atoms with E-state index in [4.69, 9.17) is 5.21 Å². The van der Waals surface area contributed by atoms with Gasteiger partial charge in [0.25, 0.3) is 0 Å². The highest BCUT2D eigenvalue weighted by Gasteiger charge is 2.05. The van der Waals surface area contributed by atoms with Crippen LogP contribution in [0.25, 0.3) is 0 Å². The van der Waals surface area contributed by atoms with Crippen molar-refractivity contribution in [3.8, 4) is 0 Å². The number of rotatable bonds is 4. The number of hydrogen-bond donors (Lipinski definition) is 1. The van der Waals surface area contributed by atoms with E-state index >= 15 is 0 Å². The van der Waals surface area contributed by atoms with Gasteiger partial charge in [-0.3, -0.25) is 4.79 Å². The Kier molecular flexibility index (Phi) is 3.85. The molecule has 0 amide bonds. The summed E-state index contributed by atoms with van der Waals surface area (Å²) in [4.78, 5) is 11.4. The van der Waals surface area contributed by atoms with Crippen LogP contribution in [0.2, 0.25) is 0 Å². The molecule has 0 radical (unpaired) electrons. The molecule has 0 aliphatic heterocycles. The van der Waals surface area contributed by atoms with E-state index in [2.05, 4.69) is 5.16 Å². The fourth-order valence-corrected chi connectivity index (χ4v) is 1.21. The lowest BCUT2D eigenvalue weighted by Crippen LogP contribution is -2.07. The molecule has 0 atom stereocenters. The standard InChI is InChI=1S/C11H13NO2/c1-9(12-14)7-11(13)8-10-5-3-2-4-6-10/h2-6,14H,7-8H2,1H3/b12-9-. The average molecular weight is 191 g/mol. The maximum Gasteiger partial charge on any atom is 0.142 e. The van der Waals surface area contributed by atoms with Crippen LogP contribution in [0.5, 0.6) is 0 Å². The number of ketones is 1. The van der Waals surface area contributed by atoms with Crippen LogP contribution in [-0.2, 0) is 11.2 Å². The van der Waals surface area contributed by atoms with E-state index < -0.39 is 0 Å². The fraction of sp³-hybridized carbons (Fsp3) is 0.273. The molecular formula is C11H13NO2. The number of Topliss-reactive ketones (excluding diaryl/α,β-unsaturated/α-hetero) is 1. The van der Waals surface area contributed by atoms with E-state index in [1.807, 2.05) is 30.3 Å². The Balaban J connectivity index is 2.50. The summed E-state index contributed by atoms with van der Waals surface area (Å²) in [6.45, 7) is 1.63. The van der Waals surface area contributed by atoms with Crippen LogP contribution < -0.4 is 0 Å². The monoisotopic (exact) mass is 191 g/mol. The van der Waals surface area contributed by atoms with Crippen molar-refractivity contribution in [1.82, 2.24) is 0 Å². The summed E-state index contributed by atoms with van der Waals surface area (Å²) >= 11 is 0. The van der Waals surface area contributed by atoms with E-state index in [0.29, 0.717) is 12.1 Å². The van der Waals surface area contributed by atoms with Gasteiger partial charge in [-0.15, -0.1) is 0 Å². The van der Waals surface area contributed by atoms with E-state index in [0.717, 1.165) is 5.56 Å². The maximum absolute atomic E-state index is 11.4. The third-order valence-electron chi connectivity index (χ3n) is 1.87. The topological polar surface area (TPSA) is 49.7 Å². The minimum Gasteiger partial charge on any atom is -0.411 e. The number of benzene rings is 1. The molecule has 0 spiro atoms. The number of carbonyl (C=O) groups excluding carboxylic acids is 1. The second-order valence-electron chi connectivity index (χ2n) is 3.21. The Morgan fingerprint density at radius 3 is 2.57 bits per heavy atom. The van der Waals surface area contributed by atoms with E-state index in [9.17, 15) is 4.79 Å². The Bertz CT molecular complexity index is 330. The summed E-state index contributed by atoms with van der Waals surface area (Å²) in [6, 6.07) is 9.52. The molecule has 0 aliphatic rings. The summed E-state index contributed by atoms with van der Waals surface area (Å²) in [7, 11) is 0. The minimum absolute atomic E-state index is 0.0616. The van der Waals surface area contributed by atoms with Crippen molar-refractivity contribution >= 4 is 11.5 Å². The van der Waals surface area contributed by atoms with Gasteiger partial charge in [0.05, 0.1) is 5.71 Å². The predicted octanol–water partition coefficient (Wildman–Crippen LogP) is 2.04. The smallest absolute Gasteiger partial charge is 0.142 e. The van der Waals surface area contributed by atoms with E-state index in [1.54, 1.807) is 6.92 Å². The lowest BCUT2D eigenvalue weighted by molar-refractivity contribution is -0.117. The van der Waals surface area contributed by atoms with Crippen molar-refractivity contribution in [2.75, 3.05) is 0 Å². The SMILES string of the molecule is C/C(CC(=O)Cc1ccccc1)=N/O. The molecule has 1 aromatic rings. The molecule has 0 aliphatic carbocycles. The van der Waals surface area contributed by atoms with Crippen LogP contribution in [0.15, 0.2) is 35.5 Å². The molecular weight excluding hydrogens is 178 g/mol. The Morgan fingerprint density at radius 2 is 2.00 bits per heavy atom. The van der Waals surface area contributed by atoms with Crippen molar-refractivity contribution in [3.63, 3.8) is 0 Å². The molecule has 0 fully saturated rings. The Morgan fingerprint density at radius 1 is 1.36 bits per heavy atom. The van der Waals surface area contributed by atoms with Crippen LogP contribution >= 0.6 is 0 Å². The molecule has 1 N–H and O–H groups in total. The van der Waals surface area contributed by atoms with Gasteiger partial charge in [-0.25, -0.2) is 0 Å². The average Bonchev–Trinajstić information content (AvgIpc) is 2.19. The largest absolute Gasteiger partial charge is 0.411 e. The van der Waals surface area contributed by atoms with Crippen LogP contribution in [-0.4, -0.2) is 16.7 Å². The molecule has 3 nitrogen and oxygen atoms in total. The number of oxime groups is 1. The zero-order chi connectivity index (χ0) is 10.4. The second-order valence-corrected chi connectivity index (χ2v) is 3.21. The highest BCUT2D eigenvalue weighted by Crippen LogP contribution is 2.02. The zero-order valence-electron chi connectivity index (χ0n) is 8.10. The second kappa shape index (κ2) is 5.17. The van der Waals surface area contributed by atoms with Crippen molar-refractivity contribution in [1.29, 1.82) is 0 Å². The molecule has 74 valence electrons. The molecule has 0 unspecified atom stereocenters. The predicted molar refractivity (Wildman–Crippen MR) is 54.7 cm³/mol. The number of nitrogens with zero attached hydrogens (tertiary/aromatic N) is 1. The number of hydrogen-bond acceptors (Lipinski definition) is 3. The van der Waals surface area contributed by atoms with Gasteiger partial charge in [0.2, 0.25) is 0 Å². The first kappa shape index (κ1) is 10.4. The van der Waals surface area contributed by atoms with Gasteiger partial charge >= 0.3 is 0 Å². The first-order valence-corrected chi connectivity index (χ1v) is 4.45. The molecule has 0 saturated heterocycles. The quantitative estimate of drug-likeness (QED) is 0.449. The third kappa shape index (κ3) is 3.39. The van der Waals surface area contributed by atoms with Crippen LogP contribution in [0.1, 0.15) is 18.9 Å². The minimum atomic E-state index is 0.0616. The molecule has 1 aromatic carbocycles. The van der Waals surface area contributed by atoms with E-state index in [1.165, 1.54) is 0 Å². The summed E-state index contributed by atoms with van der Waals surface area (Å²) in [5.41, 5.74) is 1.44. The highest BCUT2D eigenvalue weighted by molar-refractivity contribution is 6.01. The van der Waals surface area contributed by atoms with Crippen molar-refractivity contribution in [2.24, 2.45) is 5.16 Å². The molecule has 14 heavy (non-hydrogen) atoms. The van der Waals surface area contributed by atoms with Crippen LogP contribution in [0.4, 0.5) is 0 Å². The maximum atomic E-state index is 11.4. The zero-order valence-corrected chi connectivity index (χ0v) is 8.10. The van der Waals surface area contributed by atoms with Crippen LogP contribution in [0.3, 0.4) is 0 Å². The molecule has 0 aromatic heterocycles. The summed E-state index contributed by atoms with van der Waals surface area (Å²) < 4.78 is 0. The van der Waals surface area contributed by atoms with Gasteiger partial charge in [0.1, 0.15) is 5.78 Å². The Hall–Kier alpha value is -1.64. The lowest BCUT2D eigenvalue weighted by atomic mass is 10.1. The van der Waals surface area contributed by atoms with Gasteiger partial charge in [-0.1, -0.05) is 35.5 Å². The number of carbonyl (C=O) groups is 1. The summed E-state index contributed by atoms with van der Waals surface area (Å²) in [6.07, 6.45) is 0.610. The Labute approximate surface area is 83.1 Å². The molecule has 0 saturated carbocycles. The third-order valence-corrected chi connectivity index (χ3v) is 1.87. The van der Waals surface area contributed by atoms with Gasteiger partial charge in [0, 0.05) is 12.8 Å². The molecule has 1 rings (SSSR count). The van der Waals surface area contributed by atoms with Crippen molar-refractivity contribution in [3.05, 3.63) is 35.9 Å². The van der Waals surface area contributed by atoms with Crippen LogP contribution in [0, 0.1) is 0 Å². The van der Waals surface area contributed by atoms with Crippen molar-refractivity contribution in [2.45, 2.75) is 19.8 Å². The van der Waals surface area contributed by atoms with Gasteiger partial charge < -0.3 is 5.21 Å². The highest BCUT2D eigenvalue weighted by atomic mass is 16.4. The normalized spacial score (nSPS) is 11.4. The van der Waals surface area contributed by atoms with Gasteiger partial charge in [0.15, 0.2) is 0 Å². The first-order chi connectivity index (χ1) is 6.72.